The van der Waals surface area contributed by atoms with E-state index in [1.165, 1.54) is 24.5 Å². The van der Waals surface area contributed by atoms with E-state index in [-0.39, 0.29) is 5.92 Å². The molecule has 0 radical (unpaired) electrons. The maximum absolute atomic E-state index is 13.6. The fourth-order valence-corrected chi connectivity index (χ4v) is 3.80. The average molecular weight is 509 g/mol. The number of pyridine rings is 1. The van der Waals surface area contributed by atoms with Crippen LogP contribution in [0.5, 0.6) is 11.5 Å². The molecule has 0 aliphatic rings. The van der Waals surface area contributed by atoms with Gasteiger partial charge in [-0.15, -0.1) is 0 Å². The monoisotopic (exact) mass is 508 g/mol. The zero-order valence-electron chi connectivity index (χ0n) is 20.8. The summed E-state index contributed by atoms with van der Waals surface area (Å²) in [6, 6.07) is 21.5. The second-order valence-electron chi connectivity index (χ2n) is 8.96. The number of halogens is 1. The molecule has 0 atom stereocenters. The predicted molar refractivity (Wildman–Crippen MR) is 146 cm³/mol. The number of nitrogens with one attached hydrogen (secondary N) is 2. The Balaban J connectivity index is 1.52. The molecule has 0 saturated heterocycles. The minimum absolute atomic E-state index is 0.249. The van der Waals surface area contributed by atoms with Crippen LogP contribution in [0.25, 0.3) is 11.0 Å². The summed E-state index contributed by atoms with van der Waals surface area (Å²) in [5, 5.41) is 6.71. The number of benzene rings is 3. The van der Waals surface area contributed by atoms with Gasteiger partial charge in [0.05, 0.1) is 11.1 Å². The van der Waals surface area contributed by atoms with E-state index < -0.39 is 11.7 Å². The van der Waals surface area contributed by atoms with Gasteiger partial charge in [0, 0.05) is 22.6 Å². The van der Waals surface area contributed by atoms with Gasteiger partial charge in [-0.25, -0.2) is 19.3 Å². The van der Waals surface area contributed by atoms with Crippen LogP contribution >= 0.6 is 0 Å². The molecular formula is C29H25FN6O2. The summed E-state index contributed by atoms with van der Waals surface area (Å²) in [7, 11) is 0. The summed E-state index contributed by atoms with van der Waals surface area (Å²) < 4.78 is 19.7. The van der Waals surface area contributed by atoms with Crippen LogP contribution in [0.2, 0.25) is 0 Å². The summed E-state index contributed by atoms with van der Waals surface area (Å²) in [6.45, 7) is 4.13. The van der Waals surface area contributed by atoms with Gasteiger partial charge in [-0.2, -0.15) is 0 Å². The van der Waals surface area contributed by atoms with E-state index in [1.54, 1.807) is 48.5 Å². The number of ether oxygens (including phenoxy) is 1. The Labute approximate surface area is 218 Å². The maximum atomic E-state index is 13.6. The number of amides is 1. The van der Waals surface area contributed by atoms with Crippen LogP contribution in [0, 0.1) is 5.82 Å². The molecular weight excluding hydrogens is 483 g/mol. The van der Waals surface area contributed by atoms with Gasteiger partial charge < -0.3 is 21.1 Å². The van der Waals surface area contributed by atoms with E-state index in [1.807, 2.05) is 12.1 Å². The average Bonchev–Trinajstić information content (AvgIpc) is 2.90. The van der Waals surface area contributed by atoms with Crippen molar-refractivity contribution in [3.8, 4) is 11.5 Å². The van der Waals surface area contributed by atoms with Gasteiger partial charge in [0.2, 0.25) is 0 Å². The van der Waals surface area contributed by atoms with Gasteiger partial charge in [0.1, 0.15) is 23.7 Å². The minimum atomic E-state index is -0.442. The van der Waals surface area contributed by atoms with Gasteiger partial charge in [-0.05, 0) is 78.7 Å². The van der Waals surface area contributed by atoms with Gasteiger partial charge in [-0.3, -0.25) is 4.79 Å². The van der Waals surface area contributed by atoms with E-state index in [4.69, 9.17) is 10.5 Å². The van der Waals surface area contributed by atoms with Crippen LogP contribution in [-0.2, 0) is 0 Å². The number of nitrogens with zero attached hydrogens (tertiary/aromatic N) is 3. The lowest BCUT2D eigenvalue weighted by Gasteiger charge is -2.16. The van der Waals surface area contributed by atoms with Crippen LogP contribution in [0.15, 0.2) is 85.2 Å². The van der Waals surface area contributed by atoms with Crippen LogP contribution in [-0.4, -0.2) is 20.9 Å². The summed E-state index contributed by atoms with van der Waals surface area (Å²) >= 11 is 0. The first-order chi connectivity index (χ1) is 18.4. The van der Waals surface area contributed by atoms with Gasteiger partial charge >= 0.3 is 0 Å². The third kappa shape index (κ3) is 5.52. The topological polar surface area (TPSA) is 115 Å². The zero-order chi connectivity index (χ0) is 26.6. The number of fused-ring (bicyclic) bond motifs is 1. The van der Waals surface area contributed by atoms with E-state index in [9.17, 15) is 9.18 Å². The molecule has 38 heavy (non-hydrogen) atoms. The normalized spacial score (nSPS) is 10.9. The van der Waals surface area contributed by atoms with Crippen molar-refractivity contribution >= 4 is 39.8 Å². The number of nitrogens with two attached hydrogens (primary N) is 1. The van der Waals surface area contributed by atoms with Crippen molar-refractivity contribution in [3.05, 3.63) is 102 Å². The van der Waals surface area contributed by atoms with Gasteiger partial charge in [0.15, 0.2) is 11.4 Å². The minimum Gasteiger partial charge on any atom is -0.455 e. The molecule has 5 aromatic rings. The fourth-order valence-electron chi connectivity index (χ4n) is 3.80. The van der Waals surface area contributed by atoms with Gasteiger partial charge in [0.25, 0.3) is 5.91 Å². The van der Waals surface area contributed by atoms with Crippen molar-refractivity contribution in [1.29, 1.82) is 0 Å². The number of hydrogen-bond donors (Lipinski definition) is 3. The molecule has 5 rings (SSSR count). The van der Waals surface area contributed by atoms with E-state index in [0.29, 0.717) is 51.0 Å². The standard InChI is InChI=1S/C29H25FN6O2/c1-17(2)24-12-11-23-27(35-24)32-16-33-28(23)36-25-14-18(29(37)34-21-5-3-4-19(30)15-21)6-13-26(25)38-22-9-7-20(31)8-10-22/h3-17H,31H2,1-2H3,(H,34,37)(H,32,33,35,36). The molecule has 2 aromatic heterocycles. The lowest BCUT2D eigenvalue weighted by Crippen LogP contribution is -2.12. The number of rotatable bonds is 7. The number of aromatic nitrogens is 3. The van der Waals surface area contributed by atoms with Crippen molar-refractivity contribution in [1.82, 2.24) is 15.0 Å². The largest absolute Gasteiger partial charge is 0.455 e. The molecule has 0 unspecified atom stereocenters. The number of hydrogen-bond acceptors (Lipinski definition) is 7. The second kappa shape index (κ2) is 10.5. The molecule has 0 aliphatic carbocycles. The lowest BCUT2D eigenvalue weighted by molar-refractivity contribution is 0.102. The summed E-state index contributed by atoms with van der Waals surface area (Å²) in [5.41, 5.74) is 9.06. The summed E-state index contributed by atoms with van der Waals surface area (Å²) in [4.78, 5) is 26.4. The molecule has 2 heterocycles. The highest BCUT2D eigenvalue weighted by Crippen LogP contribution is 2.34. The molecule has 3 aromatic carbocycles. The molecule has 1 amide bonds. The first-order valence-corrected chi connectivity index (χ1v) is 12.0. The fraction of sp³-hybridized carbons (Fsp3) is 0.103. The third-order valence-electron chi connectivity index (χ3n) is 5.80. The number of nitrogen functional groups attached to an aromatic ring is 1. The Kier molecular flexibility index (Phi) is 6.82. The Morgan fingerprint density at radius 3 is 2.55 bits per heavy atom. The molecule has 0 saturated carbocycles. The maximum Gasteiger partial charge on any atom is 0.255 e. The van der Waals surface area contributed by atoms with E-state index >= 15 is 0 Å². The lowest BCUT2D eigenvalue weighted by atomic mass is 10.1. The van der Waals surface area contributed by atoms with Crippen LogP contribution in [0.3, 0.4) is 0 Å². The van der Waals surface area contributed by atoms with Crippen molar-refractivity contribution in [2.45, 2.75) is 19.8 Å². The Morgan fingerprint density at radius 2 is 1.79 bits per heavy atom. The van der Waals surface area contributed by atoms with E-state index in [0.717, 1.165) is 5.69 Å². The smallest absolute Gasteiger partial charge is 0.255 e. The predicted octanol–water partition coefficient (Wildman–Crippen LogP) is 6.66. The second-order valence-corrected chi connectivity index (χ2v) is 8.96. The first-order valence-electron chi connectivity index (χ1n) is 12.0. The molecule has 8 nitrogen and oxygen atoms in total. The molecule has 4 N–H and O–H groups in total. The van der Waals surface area contributed by atoms with Crippen molar-refractivity contribution < 1.29 is 13.9 Å². The van der Waals surface area contributed by atoms with Crippen LogP contribution in [0.4, 0.5) is 27.3 Å². The van der Waals surface area contributed by atoms with Crippen LogP contribution < -0.4 is 21.1 Å². The quantitative estimate of drug-likeness (QED) is 0.211. The molecule has 0 aliphatic heterocycles. The van der Waals surface area contributed by atoms with Crippen molar-refractivity contribution in [2.75, 3.05) is 16.4 Å². The first kappa shape index (κ1) is 24.6. The highest BCUT2D eigenvalue weighted by atomic mass is 19.1. The molecule has 0 fully saturated rings. The van der Waals surface area contributed by atoms with Crippen LogP contribution in [0.1, 0.15) is 35.8 Å². The van der Waals surface area contributed by atoms with Gasteiger partial charge in [-0.1, -0.05) is 19.9 Å². The highest BCUT2D eigenvalue weighted by molar-refractivity contribution is 6.05. The molecule has 9 heteroatoms. The number of anilines is 4. The van der Waals surface area contributed by atoms with Crippen molar-refractivity contribution in [3.63, 3.8) is 0 Å². The van der Waals surface area contributed by atoms with E-state index in [2.05, 4.69) is 39.4 Å². The Morgan fingerprint density at radius 1 is 0.974 bits per heavy atom. The molecule has 190 valence electrons. The molecule has 0 bridgehead atoms. The zero-order valence-corrected chi connectivity index (χ0v) is 20.8. The Bertz CT molecular complexity index is 1620. The summed E-state index contributed by atoms with van der Waals surface area (Å²) in [5.74, 6) is 0.919. The third-order valence-corrected chi connectivity index (χ3v) is 5.80. The number of carbonyl (C=O) groups excluding carboxylic acids is 1. The van der Waals surface area contributed by atoms with Crippen molar-refractivity contribution in [2.24, 2.45) is 0 Å². The molecule has 0 spiro atoms. The SMILES string of the molecule is CC(C)c1ccc2c(Nc3cc(C(=O)Nc4cccc(F)c4)ccc3Oc3ccc(N)cc3)ncnc2n1. The summed E-state index contributed by atoms with van der Waals surface area (Å²) in [6.07, 6.45) is 1.43. The number of carbonyl (C=O) groups is 1. The Hall–Kier alpha value is -5.05. The highest BCUT2D eigenvalue weighted by Gasteiger charge is 2.15.